The zero-order chi connectivity index (χ0) is 18.5. The van der Waals surface area contributed by atoms with Crippen molar-refractivity contribution in [3.63, 3.8) is 0 Å². The fraction of sp³-hybridized carbons (Fsp3) is 0.375. The maximum Gasteiger partial charge on any atom is 0.282 e. The molecule has 1 amide bonds. The minimum atomic E-state index is -0.230. The van der Waals surface area contributed by atoms with Gasteiger partial charge in [0.2, 0.25) is 5.91 Å². The van der Waals surface area contributed by atoms with E-state index in [1.54, 1.807) is 16.1 Å². The number of hydrogen-bond acceptors (Lipinski definition) is 8. The third-order valence-electron chi connectivity index (χ3n) is 3.50. The van der Waals surface area contributed by atoms with Gasteiger partial charge in [0.15, 0.2) is 21.5 Å². The summed E-state index contributed by atoms with van der Waals surface area (Å²) < 4.78 is 1.58. The number of fused-ring (bicyclic) bond motifs is 1. The molecular weight excluding hydrogens is 372 g/mol. The van der Waals surface area contributed by atoms with Gasteiger partial charge in [-0.15, -0.1) is 11.3 Å². The highest BCUT2D eigenvalue weighted by molar-refractivity contribution is 7.99. The molecule has 0 aliphatic heterocycles. The number of anilines is 1. The molecule has 136 valence electrons. The third-order valence-corrected chi connectivity index (χ3v) is 5.17. The van der Waals surface area contributed by atoms with E-state index in [0.29, 0.717) is 28.4 Å². The van der Waals surface area contributed by atoms with Gasteiger partial charge in [0.25, 0.3) is 5.56 Å². The maximum atomic E-state index is 12.8. The highest BCUT2D eigenvalue weighted by atomic mass is 32.2. The van der Waals surface area contributed by atoms with Crippen LogP contribution in [0.15, 0.2) is 33.9 Å². The third kappa shape index (κ3) is 4.44. The summed E-state index contributed by atoms with van der Waals surface area (Å²) in [5.74, 6) is 0.360. The van der Waals surface area contributed by atoms with Crippen LogP contribution in [-0.4, -0.2) is 36.2 Å². The van der Waals surface area contributed by atoms with E-state index in [2.05, 4.69) is 39.1 Å². The van der Waals surface area contributed by atoms with Gasteiger partial charge >= 0.3 is 0 Å². The summed E-state index contributed by atoms with van der Waals surface area (Å²) in [6, 6.07) is 0. The number of nitrogens with zero attached hydrogens (tertiary/aromatic N) is 5. The molecule has 3 heterocycles. The van der Waals surface area contributed by atoms with Crippen molar-refractivity contribution in [2.45, 2.75) is 32.0 Å². The molecule has 0 bridgehead atoms. The molecule has 10 heteroatoms. The lowest BCUT2D eigenvalue weighted by Gasteiger charge is -2.13. The Morgan fingerprint density at radius 3 is 2.81 bits per heavy atom. The number of carbonyl (C=O) groups excluding carboxylic acids is 1. The first kappa shape index (κ1) is 18.5. The molecule has 0 saturated carbocycles. The lowest BCUT2D eigenvalue weighted by Crippen LogP contribution is -2.26. The highest BCUT2D eigenvalue weighted by Gasteiger charge is 2.15. The average molecular weight is 390 g/mol. The van der Waals surface area contributed by atoms with Crippen molar-refractivity contribution < 1.29 is 4.79 Å². The van der Waals surface area contributed by atoms with Crippen LogP contribution in [0.5, 0.6) is 0 Å². The van der Waals surface area contributed by atoms with E-state index in [1.165, 1.54) is 35.5 Å². The molecule has 0 radical (unpaired) electrons. The topological polar surface area (TPSA) is 103 Å². The normalized spacial score (nSPS) is 11.2. The standard InChI is InChI=1S/C16H18N6O2S2/c1-10(2)3-7-22-14(24)12-13(18-5-4-17-12)21-16(22)26-9-11(23)20-15-19-6-8-25-15/h4-6,8,10H,3,7,9H2,1-2H3,(H,19,20,23). The van der Waals surface area contributed by atoms with E-state index >= 15 is 0 Å². The molecule has 8 nitrogen and oxygen atoms in total. The Morgan fingerprint density at radius 2 is 2.08 bits per heavy atom. The summed E-state index contributed by atoms with van der Waals surface area (Å²) in [4.78, 5) is 41.5. The highest BCUT2D eigenvalue weighted by Crippen LogP contribution is 2.18. The molecule has 0 unspecified atom stereocenters. The molecule has 0 aromatic carbocycles. The zero-order valence-corrected chi connectivity index (χ0v) is 16.0. The molecule has 0 aliphatic rings. The van der Waals surface area contributed by atoms with Crippen LogP contribution in [0.1, 0.15) is 20.3 Å². The summed E-state index contributed by atoms with van der Waals surface area (Å²) in [5, 5.41) is 5.52. The number of aromatic nitrogens is 5. The van der Waals surface area contributed by atoms with Gasteiger partial charge in [-0.05, 0) is 12.3 Å². The Hall–Kier alpha value is -2.33. The lowest BCUT2D eigenvalue weighted by atomic mass is 10.1. The number of thiazole rings is 1. The molecule has 0 atom stereocenters. The van der Waals surface area contributed by atoms with Gasteiger partial charge in [-0.1, -0.05) is 25.6 Å². The largest absolute Gasteiger partial charge is 0.301 e. The molecule has 3 aromatic heterocycles. The van der Waals surface area contributed by atoms with Gasteiger partial charge in [-0.3, -0.25) is 14.2 Å². The van der Waals surface area contributed by atoms with Crippen LogP contribution in [0.4, 0.5) is 5.13 Å². The molecule has 26 heavy (non-hydrogen) atoms. The van der Waals surface area contributed by atoms with Crippen LogP contribution < -0.4 is 10.9 Å². The molecular formula is C16H18N6O2S2. The Balaban J connectivity index is 1.83. The number of carbonyl (C=O) groups is 1. The Kier molecular flexibility index (Phi) is 5.94. The molecule has 0 aliphatic carbocycles. The van der Waals surface area contributed by atoms with Crippen LogP contribution in [-0.2, 0) is 11.3 Å². The fourth-order valence-electron chi connectivity index (χ4n) is 2.19. The summed E-state index contributed by atoms with van der Waals surface area (Å²) in [5.41, 5.74) is 0.306. The first-order valence-corrected chi connectivity index (χ1v) is 9.95. The van der Waals surface area contributed by atoms with Crippen molar-refractivity contribution in [3.05, 3.63) is 34.3 Å². The smallest absolute Gasteiger partial charge is 0.282 e. The van der Waals surface area contributed by atoms with E-state index in [4.69, 9.17) is 0 Å². The lowest BCUT2D eigenvalue weighted by molar-refractivity contribution is -0.113. The molecule has 3 rings (SSSR count). The summed E-state index contributed by atoms with van der Waals surface area (Å²) in [6.45, 7) is 4.70. The van der Waals surface area contributed by atoms with E-state index in [9.17, 15) is 9.59 Å². The van der Waals surface area contributed by atoms with Crippen molar-refractivity contribution in [1.29, 1.82) is 0 Å². The second-order valence-electron chi connectivity index (χ2n) is 5.94. The summed E-state index contributed by atoms with van der Waals surface area (Å²) in [7, 11) is 0. The van der Waals surface area contributed by atoms with Gasteiger partial charge in [0.1, 0.15) is 0 Å². The monoisotopic (exact) mass is 390 g/mol. The number of thioether (sulfide) groups is 1. The van der Waals surface area contributed by atoms with Gasteiger partial charge in [-0.2, -0.15) is 0 Å². The number of hydrogen-bond donors (Lipinski definition) is 1. The fourth-order valence-corrected chi connectivity index (χ4v) is 3.55. The van der Waals surface area contributed by atoms with Gasteiger partial charge in [0.05, 0.1) is 5.75 Å². The Morgan fingerprint density at radius 1 is 1.27 bits per heavy atom. The number of rotatable bonds is 7. The minimum absolute atomic E-state index is 0.124. The second-order valence-corrected chi connectivity index (χ2v) is 7.77. The number of nitrogens with one attached hydrogen (secondary N) is 1. The first-order chi connectivity index (χ1) is 12.5. The first-order valence-electron chi connectivity index (χ1n) is 8.08. The molecule has 0 spiro atoms. The number of amides is 1. The minimum Gasteiger partial charge on any atom is -0.301 e. The SMILES string of the molecule is CC(C)CCn1c(SCC(=O)Nc2nccs2)nc2nccnc2c1=O. The zero-order valence-electron chi connectivity index (χ0n) is 14.4. The van der Waals surface area contributed by atoms with E-state index < -0.39 is 0 Å². The summed E-state index contributed by atoms with van der Waals surface area (Å²) in [6.07, 6.45) is 5.43. The van der Waals surface area contributed by atoms with Gasteiger partial charge < -0.3 is 5.32 Å². The van der Waals surface area contributed by atoms with Crippen molar-refractivity contribution in [2.75, 3.05) is 11.1 Å². The van der Waals surface area contributed by atoms with Crippen molar-refractivity contribution >= 4 is 45.3 Å². The van der Waals surface area contributed by atoms with E-state index in [0.717, 1.165) is 6.42 Å². The quantitative estimate of drug-likeness (QED) is 0.488. The second kappa shape index (κ2) is 8.37. The van der Waals surface area contributed by atoms with Gasteiger partial charge in [0, 0.05) is 30.5 Å². The van der Waals surface area contributed by atoms with Crippen molar-refractivity contribution in [3.8, 4) is 0 Å². The Bertz CT molecular complexity index is 955. The van der Waals surface area contributed by atoms with Crippen molar-refractivity contribution in [1.82, 2.24) is 24.5 Å². The maximum absolute atomic E-state index is 12.8. The molecule has 1 N–H and O–H groups in total. The molecule has 0 fully saturated rings. The molecule has 0 saturated heterocycles. The van der Waals surface area contributed by atoms with Crippen LogP contribution in [0.25, 0.3) is 11.2 Å². The van der Waals surface area contributed by atoms with Crippen LogP contribution in [0.2, 0.25) is 0 Å². The van der Waals surface area contributed by atoms with Crippen LogP contribution >= 0.6 is 23.1 Å². The predicted molar refractivity (Wildman–Crippen MR) is 103 cm³/mol. The van der Waals surface area contributed by atoms with Crippen molar-refractivity contribution in [2.24, 2.45) is 5.92 Å². The Labute approximate surface area is 158 Å². The van der Waals surface area contributed by atoms with E-state index in [-0.39, 0.29) is 22.7 Å². The molecule has 3 aromatic rings. The van der Waals surface area contributed by atoms with Gasteiger partial charge in [-0.25, -0.2) is 19.9 Å². The van der Waals surface area contributed by atoms with E-state index in [1.807, 2.05) is 0 Å². The van der Waals surface area contributed by atoms with Crippen LogP contribution in [0, 0.1) is 5.92 Å². The summed E-state index contributed by atoms with van der Waals surface area (Å²) >= 11 is 2.56. The predicted octanol–water partition coefficient (Wildman–Crippen LogP) is 2.42. The van der Waals surface area contributed by atoms with Crippen LogP contribution in [0.3, 0.4) is 0 Å². The average Bonchev–Trinajstić information content (AvgIpc) is 3.12.